The summed E-state index contributed by atoms with van der Waals surface area (Å²) in [7, 11) is 0. The molecule has 1 fully saturated rings. The lowest BCUT2D eigenvalue weighted by Gasteiger charge is -2.40. The Morgan fingerprint density at radius 2 is 2.12 bits per heavy atom. The summed E-state index contributed by atoms with van der Waals surface area (Å²) < 4.78 is 0.560. The first-order chi connectivity index (χ1) is 7.78. The largest absolute Gasteiger partial charge is 0.310 e. The van der Waals surface area contributed by atoms with Crippen molar-refractivity contribution < 1.29 is 0 Å². The van der Waals surface area contributed by atoms with E-state index in [4.69, 9.17) is 0 Å². The van der Waals surface area contributed by atoms with Crippen LogP contribution in [-0.4, -0.2) is 17.5 Å². The van der Waals surface area contributed by atoms with Gasteiger partial charge in [0.15, 0.2) is 0 Å². The van der Waals surface area contributed by atoms with Crippen LogP contribution in [-0.2, 0) is 13.0 Å². The molecular formula is C13H21NS2. The van der Waals surface area contributed by atoms with E-state index in [1.54, 1.807) is 0 Å². The molecule has 1 saturated carbocycles. The van der Waals surface area contributed by atoms with E-state index in [0.29, 0.717) is 4.75 Å². The quantitative estimate of drug-likeness (QED) is 0.832. The molecule has 0 aliphatic heterocycles. The fourth-order valence-corrected chi connectivity index (χ4v) is 4.02. The van der Waals surface area contributed by atoms with Crippen molar-refractivity contribution in [3.05, 3.63) is 21.9 Å². The van der Waals surface area contributed by atoms with E-state index >= 15 is 0 Å². The molecule has 0 aromatic carbocycles. The van der Waals surface area contributed by atoms with E-state index in [2.05, 4.69) is 30.6 Å². The molecular weight excluding hydrogens is 234 g/mol. The maximum atomic E-state index is 3.62. The number of aryl methyl sites for hydroxylation is 1. The summed E-state index contributed by atoms with van der Waals surface area (Å²) in [5, 5.41) is 3.62. The zero-order chi connectivity index (χ0) is 11.4. The lowest BCUT2D eigenvalue weighted by Crippen LogP contribution is -2.43. The number of hydrogen-bond acceptors (Lipinski definition) is 3. The third kappa shape index (κ3) is 2.82. The fraction of sp³-hybridized carbons (Fsp3) is 0.692. The van der Waals surface area contributed by atoms with Crippen LogP contribution in [0.3, 0.4) is 0 Å². The summed E-state index contributed by atoms with van der Waals surface area (Å²) in [5.74, 6) is 0. The highest BCUT2D eigenvalue weighted by molar-refractivity contribution is 8.00. The van der Waals surface area contributed by atoms with Gasteiger partial charge in [0.1, 0.15) is 0 Å². The maximum Gasteiger partial charge on any atom is 0.0300 e. The molecule has 0 saturated heterocycles. The Kier molecular flexibility index (Phi) is 4.34. The summed E-state index contributed by atoms with van der Waals surface area (Å²) >= 11 is 3.99. The van der Waals surface area contributed by atoms with Crippen LogP contribution in [0.5, 0.6) is 0 Å². The van der Waals surface area contributed by atoms with Gasteiger partial charge < -0.3 is 5.32 Å². The normalized spacial score (nSPS) is 18.4. The molecule has 1 aliphatic rings. The van der Waals surface area contributed by atoms with Crippen LogP contribution in [0.2, 0.25) is 0 Å². The molecule has 1 N–H and O–H groups in total. The molecule has 0 radical (unpaired) electrons. The van der Waals surface area contributed by atoms with E-state index in [-0.39, 0.29) is 0 Å². The van der Waals surface area contributed by atoms with Crippen LogP contribution in [0.15, 0.2) is 12.1 Å². The minimum Gasteiger partial charge on any atom is -0.310 e. The predicted molar refractivity (Wildman–Crippen MR) is 75.5 cm³/mol. The van der Waals surface area contributed by atoms with Gasteiger partial charge in [0, 0.05) is 27.6 Å². The molecule has 0 spiro atoms. The molecule has 1 aromatic rings. The predicted octanol–water partition coefficient (Wildman–Crippen LogP) is 3.69. The Balaban J connectivity index is 1.75. The summed E-state index contributed by atoms with van der Waals surface area (Å²) in [6.45, 7) is 4.45. The highest BCUT2D eigenvalue weighted by Crippen LogP contribution is 2.42. The van der Waals surface area contributed by atoms with Crippen LogP contribution >= 0.6 is 23.1 Å². The van der Waals surface area contributed by atoms with Crippen LogP contribution in [0.1, 0.15) is 35.9 Å². The van der Waals surface area contributed by atoms with E-state index in [0.717, 1.165) is 6.54 Å². The average Bonchev–Trinajstić information content (AvgIpc) is 2.70. The highest BCUT2D eigenvalue weighted by atomic mass is 32.2. The Bertz CT molecular complexity index is 323. The topological polar surface area (TPSA) is 12.0 Å². The third-order valence-corrected chi connectivity index (χ3v) is 6.16. The van der Waals surface area contributed by atoms with Crippen LogP contribution in [0.25, 0.3) is 0 Å². The van der Waals surface area contributed by atoms with Crippen molar-refractivity contribution in [1.82, 2.24) is 5.32 Å². The van der Waals surface area contributed by atoms with Gasteiger partial charge >= 0.3 is 0 Å². The molecule has 1 aromatic heterocycles. The lowest BCUT2D eigenvalue weighted by molar-refractivity contribution is 0.346. The standard InChI is InChI=1S/C13H21NS2/c1-3-11-5-6-12(16-11)9-14-10-13(15-2)7-4-8-13/h5-6,14H,3-4,7-10H2,1-2H3. The first-order valence-corrected chi connectivity index (χ1v) is 8.15. The first-order valence-electron chi connectivity index (χ1n) is 6.11. The Morgan fingerprint density at radius 3 is 2.62 bits per heavy atom. The molecule has 1 nitrogen and oxygen atoms in total. The Hall–Kier alpha value is 0.01000. The fourth-order valence-electron chi connectivity index (χ4n) is 2.15. The van der Waals surface area contributed by atoms with Gasteiger partial charge in [-0.15, -0.1) is 11.3 Å². The zero-order valence-electron chi connectivity index (χ0n) is 10.2. The van der Waals surface area contributed by atoms with Crippen molar-refractivity contribution in [1.29, 1.82) is 0 Å². The second-order valence-corrected chi connectivity index (χ2v) is 7.09. The van der Waals surface area contributed by atoms with Crippen molar-refractivity contribution >= 4 is 23.1 Å². The molecule has 2 rings (SSSR count). The van der Waals surface area contributed by atoms with Gasteiger partial charge in [-0.1, -0.05) is 13.3 Å². The number of nitrogens with one attached hydrogen (secondary N) is 1. The summed E-state index contributed by atoms with van der Waals surface area (Å²) in [6.07, 6.45) is 7.62. The van der Waals surface area contributed by atoms with Gasteiger partial charge in [-0.05, 0) is 37.7 Å². The van der Waals surface area contributed by atoms with Crippen molar-refractivity contribution in [2.45, 2.75) is 43.9 Å². The number of hydrogen-bond donors (Lipinski definition) is 1. The van der Waals surface area contributed by atoms with Gasteiger partial charge in [0.2, 0.25) is 0 Å². The summed E-state index contributed by atoms with van der Waals surface area (Å²) in [6, 6.07) is 4.53. The van der Waals surface area contributed by atoms with Crippen LogP contribution < -0.4 is 5.32 Å². The van der Waals surface area contributed by atoms with Gasteiger partial charge in [-0.25, -0.2) is 0 Å². The molecule has 0 atom stereocenters. The van der Waals surface area contributed by atoms with Gasteiger partial charge in [0.05, 0.1) is 0 Å². The van der Waals surface area contributed by atoms with E-state index in [1.165, 1.54) is 42.0 Å². The van der Waals surface area contributed by atoms with E-state index < -0.39 is 0 Å². The zero-order valence-corrected chi connectivity index (χ0v) is 11.8. The van der Waals surface area contributed by atoms with E-state index in [9.17, 15) is 0 Å². The summed E-state index contributed by atoms with van der Waals surface area (Å²) in [4.78, 5) is 2.98. The van der Waals surface area contributed by atoms with E-state index in [1.807, 2.05) is 23.1 Å². The smallest absolute Gasteiger partial charge is 0.0300 e. The second-order valence-electron chi connectivity index (χ2n) is 4.57. The van der Waals surface area contributed by atoms with Gasteiger partial charge in [-0.3, -0.25) is 0 Å². The Morgan fingerprint density at radius 1 is 1.38 bits per heavy atom. The number of rotatable bonds is 6. The molecule has 90 valence electrons. The monoisotopic (exact) mass is 255 g/mol. The Labute approximate surface area is 107 Å². The third-order valence-electron chi connectivity index (χ3n) is 3.51. The molecule has 0 unspecified atom stereocenters. The summed E-state index contributed by atoms with van der Waals surface area (Å²) in [5.41, 5.74) is 0. The molecule has 1 aliphatic carbocycles. The SMILES string of the molecule is CCc1ccc(CNCC2(SC)CCC2)s1. The average molecular weight is 255 g/mol. The second kappa shape index (κ2) is 5.56. The minimum absolute atomic E-state index is 0.560. The molecule has 3 heteroatoms. The van der Waals surface area contributed by atoms with Gasteiger partial charge in [0.25, 0.3) is 0 Å². The van der Waals surface area contributed by atoms with Gasteiger partial charge in [-0.2, -0.15) is 11.8 Å². The minimum atomic E-state index is 0.560. The van der Waals surface area contributed by atoms with Crippen LogP contribution in [0.4, 0.5) is 0 Å². The molecule has 16 heavy (non-hydrogen) atoms. The molecule has 0 amide bonds. The number of thiophene rings is 1. The van der Waals surface area contributed by atoms with Crippen molar-refractivity contribution in [3.8, 4) is 0 Å². The van der Waals surface area contributed by atoms with Crippen molar-refractivity contribution in [3.63, 3.8) is 0 Å². The molecule has 0 bridgehead atoms. The van der Waals surface area contributed by atoms with Crippen LogP contribution in [0, 0.1) is 0 Å². The highest BCUT2D eigenvalue weighted by Gasteiger charge is 2.35. The molecule has 1 heterocycles. The number of thioether (sulfide) groups is 1. The van der Waals surface area contributed by atoms with Crippen molar-refractivity contribution in [2.75, 3.05) is 12.8 Å². The van der Waals surface area contributed by atoms with Crippen molar-refractivity contribution in [2.24, 2.45) is 0 Å². The maximum absolute atomic E-state index is 3.62. The first kappa shape index (κ1) is 12.5. The lowest BCUT2D eigenvalue weighted by atomic mass is 9.84.